The third-order valence-corrected chi connectivity index (χ3v) is 3.06. The standard InChI is InChI=1S/C19H16O/c1-3-16-11-13-18(14-12-16)19(20)6-4-5-17-9-7-15(2)8-10-17/h1,4-5,7-14H,6H2,2H3/b5-4+. The summed E-state index contributed by atoms with van der Waals surface area (Å²) in [6.45, 7) is 2.05. The van der Waals surface area contributed by atoms with Crippen LogP contribution in [0.3, 0.4) is 0 Å². The number of carbonyl (C=O) groups excluding carboxylic acids is 1. The van der Waals surface area contributed by atoms with Crippen LogP contribution in [0.15, 0.2) is 54.6 Å². The highest BCUT2D eigenvalue weighted by Crippen LogP contribution is 2.09. The lowest BCUT2D eigenvalue weighted by molar-refractivity contribution is 0.0996. The van der Waals surface area contributed by atoms with Crippen molar-refractivity contribution < 1.29 is 4.79 Å². The molecule has 0 amide bonds. The topological polar surface area (TPSA) is 17.1 Å². The molecule has 0 saturated carbocycles. The smallest absolute Gasteiger partial charge is 0.166 e. The lowest BCUT2D eigenvalue weighted by Gasteiger charge is -1.98. The van der Waals surface area contributed by atoms with E-state index >= 15 is 0 Å². The molecule has 0 unspecified atom stereocenters. The summed E-state index contributed by atoms with van der Waals surface area (Å²) < 4.78 is 0. The Bertz CT molecular complexity index is 652. The van der Waals surface area contributed by atoms with Gasteiger partial charge in [-0.3, -0.25) is 4.79 Å². The average molecular weight is 260 g/mol. The summed E-state index contributed by atoms with van der Waals surface area (Å²) in [5.41, 5.74) is 3.81. The van der Waals surface area contributed by atoms with Crippen molar-refractivity contribution in [1.82, 2.24) is 0 Å². The first-order valence-corrected chi connectivity index (χ1v) is 6.52. The molecule has 0 spiro atoms. The molecule has 0 aliphatic carbocycles. The van der Waals surface area contributed by atoms with E-state index in [0.717, 1.165) is 11.1 Å². The van der Waals surface area contributed by atoms with Crippen LogP contribution in [-0.4, -0.2) is 5.78 Å². The van der Waals surface area contributed by atoms with Crippen LogP contribution in [0.25, 0.3) is 6.08 Å². The quantitative estimate of drug-likeness (QED) is 0.593. The average Bonchev–Trinajstić information content (AvgIpc) is 2.49. The van der Waals surface area contributed by atoms with Gasteiger partial charge in [0.15, 0.2) is 5.78 Å². The van der Waals surface area contributed by atoms with Crippen LogP contribution in [0.2, 0.25) is 0 Å². The van der Waals surface area contributed by atoms with E-state index in [1.54, 1.807) is 24.3 Å². The highest BCUT2D eigenvalue weighted by Gasteiger charge is 2.02. The van der Waals surface area contributed by atoms with E-state index < -0.39 is 0 Å². The van der Waals surface area contributed by atoms with E-state index in [2.05, 4.69) is 25.0 Å². The van der Waals surface area contributed by atoms with Gasteiger partial charge in [-0.05, 0) is 24.6 Å². The van der Waals surface area contributed by atoms with E-state index in [9.17, 15) is 4.79 Å². The molecule has 0 heterocycles. The van der Waals surface area contributed by atoms with E-state index in [0.29, 0.717) is 12.0 Å². The Morgan fingerprint density at radius 3 is 2.35 bits per heavy atom. The number of aryl methyl sites for hydroxylation is 1. The van der Waals surface area contributed by atoms with Crippen molar-refractivity contribution in [3.63, 3.8) is 0 Å². The second-order valence-corrected chi connectivity index (χ2v) is 4.66. The van der Waals surface area contributed by atoms with Gasteiger partial charge in [0.2, 0.25) is 0 Å². The first kappa shape index (κ1) is 13.8. The van der Waals surface area contributed by atoms with E-state index in [-0.39, 0.29) is 5.78 Å². The van der Waals surface area contributed by atoms with Crippen LogP contribution in [0.1, 0.15) is 33.5 Å². The number of ketones is 1. The molecule has 0 aliphatic rings. The van der Waals surface area contributed by atoms with Gasteiger partial charge in [-0.2, -0.15) is 0 Å². The fourth-order valence-electron chi connectivity index (χ4n) is 1.85. The molecule has 0 N–H and O–H groups in total. The number of Topliss-reactive ketones (excluding diaryl/α,β-unsaturated/α-hetero) is 1. The first-order chi connectivity index (χ1) is 9.69. The normalized spacial score (nSPS) is 10.4. The predicted octanol–water partition coefficient (Wildman–Crippen LogP) is 4.26. The zero-order valence-electron chi connectivity index (χ0n) is 11.5. The highest BCUT2D eigenvalue weighted by molar-refractivity contribution is 5.97. The van der Waals surface area contributed by atoms with Gasteiger partial charge in [-0.25, -0.2) is 0 Å². The van der Waals surface area contributed by atoms with Crippen LogP contribution in [0.5, 0.6) is 0 Å². The van der Waals surface area contributed by atoms with Crippen LogP contribution in [-0.2, 0) is 0 Å². The van der Waals surface area contributed by atoms with E-state index in [1.165, 1.54) is 5.56 Å². The number of benzene rings is 2. The van der Waals surface area contributed by atoms with Crippen LogP contribution in [0.4, 0.5) is 0 Å². The lowest BCUT2D eigenvalue weighted by Crippen LogP contribution is -1.96. The Morgan fingerprint density at radius 2 is 1.75 bits per heavy atom. The van der Waals surface area contributed by atoms with Gasteiger partial charge in [-0.15, -0.1) is 6.42 Å². The van der Waals surface area contributed by atoms with Gasteiger partial charge in [0.1, 0.15) is 0 Å². The number of rotatable bonds is 4. The molecule has 20 heavy (non-hydrogen) atoms. The molecule has 0 saturated heterocycles. The second kappa shape index (κ2) is 6.54. The summed E-state index contributed by atoms with van der Waals surface area (Å²) in [6, 6.07) is 15.3. The predicted molar refractivity (Wildman–Crippen MR) is 83.5 cm³/mol. The largest absolute Gasteiger partial charge is 0.294 e. The third kappa shape index (κ3) is 3.70. The van der Waals surface area contributed by atoms with Gasteiger partial charge >= 0.3 is 0 Å². The van der Waals surface area contributed by atoms with Gasteiger partial charge in [0, 0.05) is 17.5 Å². The van der Waals surface area contributed by atoms with Crippen molar-refractivity contribution in [3.8, 4) is 12.3 Å². The van der Waals surface area contributed by atoms with Crippen molar-refractivity contribution in [2.75, 3.05) is 0 Å². The minimum Gasteiger partial charge on any atom is -0.294 e. The van der Waals surface area contributed by atoms with Gasteiger partial charge in [0.05, 0.1) is 0 Å². The van der Waals surface area contributed by atoms with E-state index in [1.807, 2.05) is 24.3 Å². The summed E-state index contributed by atoms with van der Waals surface area (Å²) >= 11 is 0. The van der Waals surface area contributed by atoms with Crippen molar-refractivity contribution in [1.29, 1.82) is 0 Å². The fraction of sp³-hybridized carbons (Fsp3) is 0.105. The molecule has 0 radical (unpaired) electrons. The highest BCUT2D eigenvalue weighted by atomic mass is 16.1. The number of carbonyl (C=O) groups is 1. The monoisotopic (exact) mass is 260 g/mol. The third-order valence-electron chi connectivity index (χ3n) is 3.06. The van der Waals surface area contributed by atoms with Gasteiger partial charge in [-0.1, -0.05) is 60.0 Å². The van der Waals surface area contributed by atoms with E-state index in [4.69, 9.17) is 6.42 Å². The number of allylic oxidation sites excluding steroid dienone is 1. The molecule has 98 valence electrons. The Balaban J connectivity index is 1.97. The Morgan fingerprint density at radius 1 is 1.10 bits per heavy atom. The molecule has 0 atom stereocenters. The molecule has 0 aliphatic heterocycles. The second-order valence-electron chi connectivity index (χ2n) is 4.66. The maximum absolute atomic E-state index is 12.0. The molecule has 1 heteroatoms. The number of hydrogen-bond donors (Lipinski definition) is 0. The molecule has 2 rings (SSSR count). The Labute approximate surface area is 120 Å². The lowest BCUT2D eigenvalue weighted by atomic mass is 10.1. The molecule has 0 aromatic heterocycles. The van der Waals surface area contributed by atoms with Crippen LogP contribution in [0, 0.1) is 19.3 Å². The van der Waals surface area contributed by atoms with Crippen molar-refractivity contribution >= 4 is 11.9 Å². The zero-order chi connectivity index (χ0) is 14.4. The maximum atomic E-state index is 12.0. The molecule has 2 aromatic rings. The van der Waals surface area contributed by atoms with Gasteiger partial charge < -0.3 is 0 Å². The summed E-state index contributed by atoms with van der Waals surface area (Å²) in [7, 11) is 0. The van der Waals surface area contributed by atoms with Crippen LogP contribution >= 0.6 is 0 Å². The summed E-state index contributed by atoms with van der Waals surface area (Å²) in [5, 5.41) is 0. The Hall–Kier alpha value is -2.59. The molecule has 0 bridgehead atoms. The number of terminal acetylenes is 1. The SMILES string of the molecule is C#Cc1ccc(C(=O)C/C=C/c2ccc(C)cc2)cc1. The molecular formula is C19H16O. The molecule has 1 nitrogen and oxygen atoms in total. The van der Waals surface area contributed by atoms with Crippen molar-refractivity contribution in [2.45, 2.75) is 13.3 Å². The zero-order valence-corrected chi connectivity index (χ0v) is 11.5. The minimum atomic E-state index is 0.0944. The number of hydrogen-bond acceptors (Lipinski definition) is 1. The summed E-state index contributed by atoms with van der Waals surface area (Å²) in [4.78, 5) is 12.0. The summed E-state index contributed by atoms with van der Waals surface area (Å²) in [6.07, 6.45) is 9.53. The van der Waals surface area contributed by atoms with Crippen LogP contribution < -0.4 is 0 Å². The van der Waals surface area contributed by atoms with Crippen molar-refractivity contribution in [3.05, 3.63) is 76.9 Å². The molecule has 2 aromatic carbocycles. The molecular weight excluding hydrogens is 244 g/mol. The Kier molecular flexibility index (Phi) is 4.52. The summed E-state index contributed by atoms with van der Waals surface area (Å²) in [5.74, 6) is 2.63. The minimum absolute atomic E-state index is 0.0944. The first-order valence-electron chi connectivity index (χ1n) is 6.52. The van der Waals surface area contributed by atoms with Crippen molar-refractivity contribution in [2.24, 2.45) is 0 Å². The fourth-order valence-corrected chi connectivity index (χ4v) is 1.85. The maximum Gasteiger partial charge on any atom is 0.166 e. The molecule has 0 fully saturated rings. The van der Waals surface area contributed by atoms with Gasteiger partial charge in [0.25, 0.3) is 0 Å².